The molecular weight excluding hydrogens is 310 g/mol. The molecule has 25 heavy (non-hydrogen) atoms. The number of ether oxygens (including phenoxy) is 1. The van der Waals surface area contributed by atoms with Gasteiger partial charge in [-0.1, -0.05) is 52.3 Å². The van der Waals surface area contributed by atoms with Gasteiger partial charge in [0.1, 0.15) is 5.76 Å². The predicted molar refractivity (Wildman–Crippen MR) is 101 cm³/mol. The van der Waals surface area contributed by atoms with Gasteiger partial charge in [-0.15, -0.1) is 0 Å². The van der Waals surface area contributed by atoms with Crippen LogP contribution in [-0.4, -0.2) is 30.0 Å². The second-order valence-corrected chi connectivity index (χ2v) is 8.85. The Morgan fingerprint density at radius 2 is 1.68 bits per heavy atom. The van der Waals surface area contributed by atoms with Gasteiger partial charge < -0.3 is 4.74 Å². The van der Waals surface area contributed by atoms with Crippen molar-refractivity contribution in [3.8, 4) is 0 Å². The van der Waals surface area contributed by atoms with Gasteiger partial charge in [-0.05, 0) is 49.6 Å². The van der Waals surface area contributed by atoms with Crippen LogP contribution in [0.5, 0.6) is 0 Å². The lowest BCUT2D eigenvalue weighted by Crippen LogP contribution is -2.56. The molecule has 1 aromatic carbocycles. The molecule has 3 rings (SSSR count). The number of likely N-dealkylation sites (tertiary alicyclic amines) is 1. The second kappa shape index (κ2) is 6.95. The molecule has 1 heterocycles. The molecule has 0 radical (unpaired) electrons. The Morgan fingerprint density at radius 1 is 1.04 bits per heavy atom. The minimum Gasteiger partial charge on any atom is -0.428 e. The van der Waals surface area contributed by atoms with Crippen molar-refractivity contribution in [2.45, 2.75) is 59.4 Å². The molecule has 1 aromatic rings. The zero-order valence-electron chi connectivity index (χ0n) is 16.0. The zero-order valence-corrected chi connectivity index (χ0v) is 16.0. The number of carbonyl (C=O) groups is 1. The first kappa shape index (κ1) is 18.2. The van der Waals surface area contributed by atoms with Gasteiger partial charge in [0, 0.05) is 17.9 Å². The van der Waals surface area contributed by atoms with Crippen LogP contribution in [0.3, 0.4) is 0 Å². The van der Waals surface area contributed by atoms with E-state index < -0.39 is 0 Å². The van der Waals surface area contributed by atoms with Gasteiger partial charge in [-0.2, -0.15) is 0 Å². The van der Waals surface area contributed by atoms with E-state index in [0.29, 0.717) is 11.6 Å². The molecular formula is C22H31NO2. The summed E-state index contributed by atoms with van der Waals surface area (Å²) in [5, 5.41) is 0. The maximum absolute atomic E-state index is 12.4. The molecule has 1 unspecified atom stereocenters. The molecule has 3 heteroatoms. The first-order chi connectivity index (χ1) is 11.8. The number of esters is 1. The van der Waals surface area contributed by atoms with Crippen molar-refractivity contribution in [2.75, 3.05) is 13.1 Å². The van der Waals surface area contributed by atoms with Crippen molar-refractivity contribution in [3.05, 3.63) is 47.7 Å². The van der Waals surface area contributed by atoms with Crippen LogP contribution in [0.15, 0.2) is 42.2 Å². The van der Waals surface area contributed by atoms with Crippen LogP contribution < -0.4 is 0 Å². The molecule has 136 valence electrons. The molecule has 1 fully saturated rings. The summed E-state index contributed by atoms with van der Waals surface area (Å²) in [6.45, 7) is 11.6. The van der Waals surface area contributed by atoms with Crippen molar-refractivity contribution < 1.29 is 9.53 Å². The van der Waals surface area contributed by atoms with Crippen LogP contribution >= 0.6 is 0 Å². The second-order valence-electron chi connectivity index (χ2n) is 8.85. The SMILES string of the molecule is CC1(C)C=C(OC(=O)c2ccccc2)CC(C)(C)C1N1CCCCC1. The molecule has 0 spiro atoms. The van der Waals surface area contributed by atoms with E-state index in [9.17, 15) is 4.79 Å². The third-order valence-corrected chi connectivity index (χ3v) is 5.60. The molecule has 1 atom stereocenters. The number of allylic oxidation sites excluding steroid dienone is 1. The lowest BCUT2D eigenvalue weighted by atomic mass is 9.63. The Balaban J connectivity index is 1.81. The molecule has 3 nitrogen and oxygen atoms in total. The van der Waals surface area contributed by atoms with Gasteiger partial charge in [0.05, 0.1) is 5.56 Å². The van der Waals surface area contributed by atoms with Crippen LogP contribution in [0.2, 0.25) is 0 Å². The highest BCUT2D eigenvalue weighted by atomic mass is 16.5. The Kier molecular flexibility index (Phi) is 5.06. The van der Waals surface area contributed by atoms with Gasteiger partial charge in [0.15, 0.2) is 0 Å². The van der Waals surface area contributed by atoms with E-state index in [1.165, 1.54) is 32.4 Å². The quantitative estimate of drug-likeness (QED) is 0.722. The topological polar surface area (TPSA) is 29.5 Å². The average molecular weight is 341 g/mol. The number of piperidine rings is 1. The highest BCUT2D eigenvalue weighted by molar-refractivity contribution is 5.90. The lowest BCUT2D eigenvalue weighted by molar-refractivity contribution is -0.0120. The summed E-state index contributed by atoms with van der Waals surface area (Å²) in [5.74, 6) is 0.562. The number of nitrogens with zero attached hydrogens (tertiary/aromatic N) is 1. The summed E-state index contributed by atoms with van der Waals surface area (Å²) >= 11 is 0. The van der Waals surface area contributed by atoms with Crippen molar-refractivity contribution in [2.24, 2.45) is 10.8 Å². The minimum atomic E-state index is -0.255. The zero-order chi connectivity index (χ0) is 18.1. The van der Waals surface area contributed by atoms with Gasteiger partial charge in [-0.25, -0.2) is 4.79 Å². The van der Waals surface area contributed by atoms with Crippen molar-refractivity contribution in [3.63, 3.8) is 0 Å². The van der Waals surface area contributed by atoms with Crippen molar-refractivity contribution >= 4 is 5.97 Å². The van der Waals surface area contributed by atoms with Crippen LogP contribution in [0.25, 0.3) is 0 Å². The first-order valence-electron chi connectivity index (χ1n) is 9.53. The van der Waals surface area contributed by atoms with Crippen LogP contribution in [0.1, 0.15) is 63.7 Å². The smallest absolute Gasteiger partial charge is 0.343 e. The van der Waals surface area contributed by atoms with E-state index in [1.54, 1.807) is 12.1 Å². The van der Waals surface area contributed by atoms with E-state index in [0.717, 1.165) is 12.2 Å². The molecule has 2 aliphatic rings. The van der Waals surface area contributed by atoms with Gasteiger partial charge in [0.2, 0.25) is 0 Å². The van der Waals surface area contributed by atoms with E-state index in [2.05, 4.69) is 38.7 Å². The molecule has 0 bridgehead atoms. The fourth-order valence-corrected chi connectivity index (χ4v) is 5.06. The average Bonchev–Trinajstić information content (AvgIpc) is 2.54. The minimum absolute atomic E-state index is 0.0224. The molecule has 1 aliphatic heterocycles. The number of hydrogen-bond acceptors (Lipinski definition) is 3. The molecule has 0 amide bonds. The highest BCUT2D eigenvalue weighted by Crippen LogP contribution is 2.48. The predicted octanol–water partition coefficient (Wildman–Crippen LogP) is 5.04. The number of benzene rings is 1. The summed E-state index contributed by atoms with van der Waals surface area (Å²) < 4.78 is 5.79. The van der Waals surface area contributed by atoms with Crippen molar-refractivity contribution in [1.82, 2.24) is 4.90 Å². The van der Waals surface area contributed by atoms with Gasteiger partial charge in [-0.3, -0.25) is 4.90 Å². The normalized spacial score (nSPS) is 25.9. The van der Waals surface area contributed by atoms with Crippen LogP contribution in [-0.2, 0) is 4.74 Å². The summed E-state index contributed by atoms with van der Waals surface area (Å²) in [7, 11) is 0. The van der Waals surface area contributed by atoms with E-state index in [1.807, 2.05) is 18.2 Å². The Labute approximate surface area is 152 Å². The highest BCUT2D eigenvalue weighted by Gasteiger charge is 2.47. The molecule has 1 aliphatic carbocycles. The van der Waals surface area contributed by atoms with E-state index in [4.69, 9.17) is 4.74 Å². The lowest BCUT2D eigenvalue weighted by Gasteiger charge is -2.53. The number of hydrogen-bond donors (Lipinski definition) is 0. The van der Waals surface area contributed by atoms with Crippen LogP contribution in [0, 0.1) is 10.8 Å². The number of carbonyl (C=O) groups excluding carboxylic acids is 1. The number of rotatable bonds is 3. The Hall–Kier alpha value is -1.61. The third kappa shape index (κ3) is 3.98. The van der Waals surface area contributed by atoms with E-state index in [-0.39, 0.29) is 16.8 Å². The Morgan fingerprint density at radius 3 is 2.28 bits per heavy atom. The molecule has 0 saturated carbocycles. The fraction of sp³-hybridized carbons (Fsp3) is 0.591. The third-order valence-electron chi connectivity index (χ3n) is 5.60. The molecule has 0 aromatic heterocycles. The summed E-state index contributed by atoms with van der Waals surface area (Å²) in [5.41, 5.74) is 0.657. The maximum atomic E-state index is 12.4. The van der Waals surface area contributed by atoms with Gasteiger partial charge in [0.25, 0.3) is 0 Å². The largest absolute Gasteiger partial charge is 0.428 e. The standard InChI is InChI=1S/C22H31NO2/c1-21(2)15-18(25-19(24)17-11-7-5-8-12-17)16-22(3,4)20(21)23-13-9-6-10-14-23/h5,7-8,11-12,15,20H,6,9-10,13-14,16H2,1-4H3. The summed E-state index contributed by atoms with van der Waals surface area (Å²) in [6.07, 6.45) is 6.93. The van der Waals surface area contributed by atoms with Crippen LogP contribution in [0.4, 0.5) is 0 Å². The fourth-order valence-electron chi connectivity index (χ4n) is 5.06. The Bertz CT molecular complexity index is 639. The van der Waals surface area contributed by atoms with Gasteiger partial charge >= 0.3 is 5.97 Å². The first-order valence-corrected chi connectivity index (χ1v) is 9.53. The van der Waals surface area contributed by atoms with E-state index >= 15 is 0 Å². The monoisotopic (exact) mass is 341 g/mol. The molecule has 1 saturated heterocycles. The molecule has 0 N–H and O–H groups in total. The summed E-state index contributed by atoms with van der Waals surface area (Å²) in [4.78, 5) is 15.1. The maximum Gasteiger partial charge on any atom is 0.343 e. The van der Waals surface area contributed by atoms with Crippen molar-refractivity contribution in [1.29, 1.82) is 0 Å². The summed E-state index contributed by atoms with van der Waals surface area (Å²) in [6, 6.07) is 9.72.